The SMILES string of the molecule is C\C=C(/C=C\C=C/C(=O)OC)SC(=O)N(C)C. The van der Waals surface area contributed by atoms with Crippen LogP contribution in [0.5, 0.6) is 0 Å². The van der Waals surface area contributed by atoms with Gasteiger partial charge in [-0.25, -0.2) is 4.79 Å². The number of esters is 1. The molecule has 1 amide bonds. The molecule has 0 rings (SSSR count). The Balaban J connectivity index is 4.33. The Hall–Kier alpha value is -1.49. The first-order chi connectivity index (χ1) is 8.01. The summed E-state index contributed by atoms with van der Waals surface area (Å²) in [6, 6.07) is 0. The molecule has 0 aromatic rings. The van der Waals surface area contributed by atoms with E-state index in [1.165, 1.54) is 18.1 Å². The largest absolute Gasteiger partial charge is 0.466 e. The summed E-state index contributed by atoms with van der Waals surface area (Å²) in [5.74, 6) is -0.409. The van der Waals surface area contributed by atoms with Gasteiger partial charge >= 0.3 is 5.97 Å². The fourth-order valence-electron chi connectivity index (χ4n) is 0.734. The van der Waals surface area contributed by atoms with Crippen LogP contribution < -0.4 is 0 Å². The van der Waals surface area contributed by atoms with E-state index < -0.39 is 5.97 Å². The molecule has 0 saturated heterocycles. The molecule has 0 heterocycles. The van der Waals surface area contributed by atoms with Gasteiger partial charge in [0.05, 0.1) is 7.11 Å². The zero-order chi connectivity index (χ0) is 13.3. The fraction of sp³-hybridized carbons (Fsp3) is 0.333. The van der Waals surface area contributed by atoms with E-state index >= 15 is 0 Å². The third kappa shape index (κ3) is 7.41. The van der Waals surface area contributed by atoms with Crippen molar-refractivity contribution < 1.29 is 14.3 Å². The van der Waals surface area contributed by atoms with Crippen LogP contribution in [0.15, 0.2) is 35.3 Å². The minimum Gasteiger partial charge on any atom is -0.466 e. The number of methoxy groups -OCH3 is 1. The molecule has 0 atom stereocenters. The third-order valence-electron chi connectivity index (χ3n) is 1.66. The van der Waals surface area contributed by atoms with Crippen molar-refractivity contribution in [3.05, 3.63) is 35.3 Å². The first kappa shape index (κ1) is 15.5. The highest BCUT2D eigenvalue weighted by Crippen LogP contribution is 2.19. The lowest BCUT2D eigenvalue weighted by molar-refractivity contribution is -0.134. The van der Waals surface area contributed by atoms with Gasteiger partial charge in [-0.3, -0.25) is 4.79 Å². The van der Waals surface area contributed by atoms with E-state index in [1.807, 2.05) is 13.0 Å². The molecule has 0 unspecified atom stereocenters. The van der Waals surface area contributed by atoms with Crippen molar-refractivity contribution in [2.24, 2.45) is 0 Å². The van der Waals surface area contributed by atoms with Crippen LogP contribution in [0.25, 0.3) is 0 Å². The predicted octanol–water partition coefficient (Wildman–Crippen LogP) is 2.59. The lowest BCUT2D eigenvalue weighted by atomic mass is 10.4. The number of hydrogen-bond donors (Lipinski definition) is 0. The third-order valence-corrected chi connectivity index (χ3v) is 2.81. The van der Waals surface area contributed by atoms with Crippen LogP contribution in [-0.4, -0.2) is 37.3 Å². The summed E-state index contributed by atoms with van der Waals surface area (Å²) in [4.78, 5) is 24.5. The summed E-state index contributed by atoms with van der Waals surface area (Å²) in [7, 11) is 4.71. The van der Waals surface area contributed by atoms with Gasteiger partial charge in [0.25, 0.3) is 5.24 Å². The highest BCUT2D eigenvalue weighted by molar-refractivity contribution is 8.17. The minimum atomic E-state index is -0.409. The van der Waals surface area contributed by atoms with Gasteiger partial charge in [-0.15, -0.1) is 0 Å². The number of rotatable bonds is 4. The molecule has 0 aliphatic rings. The van der Waals surface area contributed by atoms with Crippen LogP contribution in [0.1, 0.15) is 6.92 Å². The van der Waals surface area contributed by atoms with Crippen molar-refractivity contribution >= 4 is 23.0 Å². The molecule has 0 fully saturated rings. The molecule has 0 spiro atoms. The van der Waals surface area contributed by atoms with E-state index in [2.05, 4.69) is 4.74 Å². The van der Waals surface area contributed by atoms with Crippen molar-refractivity contribution in [3.63, 3.8) is 0 Å². The first-order valence-corrected chi connectivity index (χ1v) is 5.81. The van der Waals surface area contributed by atoms with Crippen molar-refractivity contribution in [2.75, 3.05) is 21.2 Å². The second-order valence-corrected chi connectivity index (χ2v) is 4.22. The Bertz CT molecular complexity index is 357. The van der Waals surface area contributed by atoms with E-state index in [0.717, 1.165) is 16.7 Å². The number of amides is 1. The molecule has 17 heavy (non-hydrogen) atoms. The first-order valence-electron chi connectivity index (χ1n) is 4.99. The van der Waals surface area contributed by atoms with E-state index in [-0.39, 0.29) is 5.24 Å². The molecule has 0 bridgehead atoms. The molecule has 5 heteroatoms. The minimum absolute atomic E-state index is 0.0419. The van der Waals surface area contributed by atoms with Gasteiger partial charge in [-0.2, -0.15) is 0 Å². The van der Waals surface area contributed by atoms with Crippen LogP contribution >= 0.6 is 11.8 Å². The molecule has 0 aliphatic carbocycles. The Morgan fingerprint density at radius 3 is 2.24 bits per heavy atom. The van der Waals surface area contributed by atoms with E-state index in [1.54, 1.807) is 32.3 Å². The summed E-state index contributed by atoms with van der Waals surface area (Å²) < 4.78 is 4.44. The Morgan fingerprint density at radius 1 is 1.18 bits per heavy atom. The van der Waals surface area contributed by atoms with Crippen molar-refractivity contribution in [1.82, 2.24) is 4.90 Å². The normalized spacial score (nSPS) is 12.1. The van der Waals surface area contributed by atoms with Crippen LogP contribution in [0.4, 0.5) is 4.79 Å². The highest BCUT2D eigenvalue weighted by atomic mass is 32.2. The average Bonchev–Trinajstić information content (AvgIpc) is 2.31. The molecule has 0 aliphatic heterocycles. The number of carbonyl (C=O) groups is 2. The van der Waals surface area contributed by atoms with Gasteiger partial charge in [-0.05, 0) is 24.8 Å². The molecule has 0 saturated carbocycles. The van der Waals surface area contributed by atoms with Crippen molar-refractivity contribution in [3.8, 4) is 0 Å². The molecule has 0 aromatic carbocycles. The fourth-order valence-corrected chi connectivity index (χ4v) is 1.38. The quantitative estimate of drug-likeness (QED) is 0.440. The molecule has 0 N–H and O–H groups in total. The van der Waals surface area contributed by atoms with Crippen LogP contribution in [0.2, 0.25) is 0 Å². The lowest BCUT2D eigenvalue weighted by Gasteiger charge is -2.08. The van der Waals surface area contributed by atoms with Crippen LogP contribution in [-0.2, 0) is 9.53 Å². The Morgan fingerprint density at radius 2 is 1.76 bits per heavy atom. The van der Waals surface area contributed by atoms with E-state index in [0.29, 0.717) is 0 Å². The maximum absolute atomic E-state index is 11.4. The second kappa shape index (κ2) is 8.64. The lowest BCUT2D eigenvalue weighted by Crippen LogP contribution is -2.16. The molecule has 94 valence electrons. The molecule has 4 nitrogen and oxygen atoms in total. The Labute approximate surface area is 106 Å². The summed E-state index contributed by atoms with van der Waals surface area (Å²) in [5.41, 5.74) is 0. The molecule has 0 radical (unpaired) electrons. The van der Waals surface area contributed by atoms with Crippen molar-refractivity contribution in [2.45, 2.75) is 6.92 Å². The topological polar surface area (TPSA) is 46.6 Å². The zero-order valence-electron chi connectivity index (χ0n) is 10.5. The standard InChI is InChI=1S/C12H17NO3S/c1-5-10(17-12(15)13(2)3)8-6-7-9-11(14)16-4/h5-9H,1-4H3/b8-6-,9-7-,10-5+. The Kier molecular flexibility index (Phi) is 7.88. The maximum atomic E-state index is 11.4. The van der Waals surface area contributed by atoms with Crippen LogP contribution in [0, 0.1) is 0 Å². The monoisotopic (exact) mass is 255 g/mol. The van der Waals surface area contributed by atoms with Crippen molar-refractivity contribution in [1.29, 1.82) is 0 Å². The van der Waals surface area contributed by atoms with E-state index in [4.69, 9.17) is 0 Å². The maximum Gasteiger partial charge on any atom is 0.330 e. The van der Waals surface area contributed by atoms with Gasteiger partial charge < -0.3 is 9.64 Å². The molecule has 0 aromatic heterocycles. The number of allylic oxidation sites excluding steroid dienone is 4. The predicted molar refractivity (Wildman–Crippen MR) is 70.7 cm³/mol. The van der Waals surface area contributed by atoms with Gasteiger partial charge in [-0.1, -0.05) is 18.2 Å². The number of hydrogen-bond acceptors (Lipinski definition) is 4. The van der Waals surface area contributed by atoms with Gasteiger partial charge in [0.2, 0.25) is 0 Å². The van der Waals surface area contributed by atoms with E-state index in [9.17, 15) is 9.59 Å². The van der Waals surface area contributed by atoms with Crippen LogP contribution in [0.3, 0.4) is 0 Å². The number of thioether (sulfide) groups is 1. The zero-order valence-corrected chi connectivity index (χ0v) is 11.3. The second-order valence-electron chi connectivity index (χ2n) is 3.19. The highest BCUT2D eigenvalue weighted by Gasteiger charge is 2.05. The summed E-state index contributed by atoms with van der Waals surface area (Å²) in [6.45, 7) is 1.85. The number of nitrogens with zero attached hydrogens (tertiary/aromatic N) is 1. The van der Waals surface area contributed by atoms with Gasteiger partial charge in [0.1, 0.15) is 0 Å². The molecular weight excluding hydrogens is 238 g/mol. The number of ether oxygens (including phenoxy) is 1. The van der Waals surface area contributed by atoms with Gasteiger partial charge in [0, 0.05) is 25.1 Å². The molecular formula is C12H17NO3S. The summed E-state index contributed by atoms with van der Waals surface area (Å²) in [6.07, 6.45) is 8.14. The van der Waals surface area contributed by atoms with Gasteiger partial charge in [0.15, 0.2) is 0 Å². The number of carbonyl (C=O) groups excluding carboxylic acids is 2. The average molecular weight is 255 g/mol. The summed E-state index contributed by atoms with van der Waals surface area (Å²) >= 11 is 1.13. The smallest absolute Gasteiger partial charge is 0.330 e. The summed E-state index contributed by atoms with van der Waals surface area (Å²) in [5, 5.41) is -0.0419.